The van der Waals surface area contributed by atoms with Crippen LogP contribution < -0.4 is 5.32 Å². The maximum absolute atomic E-state index is 12.6. The molecule has 1 aromatic rings. The monoisotopic (exact) mass is 275 g/mol. The van der Waals surface area contributed by atoms with Gasteiger partial charge in [0, 0.05) is 18.7 Å². The minimum absolute atomic E-state index is 0.133. The van der Waals surface area contributed by atoms with Crippen LogP contribution in [0.4, 0.5) is 13.2 Å². The van der Waals surface area contributed by atoms with E-state index < -0.39 is 11.9 Å². The average Bonchev–Trinajstić information content (AvgIpc) is 2.35. The molecule has 0 aliphatic heterocycles. The van der Waals surface area contributed by atoms with Gasteiger partial charge in [-0.1, -0.05) is 20.3 Å². The summed E-state index contributed by atoms with van der Waals surface area (Å²) in [6, 6.07) is 1.03. The van der Waals surface area contributed by atoms with Crippen molar-refractivity contribution in [2.24, 2.45) is 0 Å². The van der Waals surface area contributed by atoms with Crippen molar-refractivity contribution >= 4 is 0 Å². The van der Waals surface area contributed by atoms with Gasteiger partial charge in [-0.2, -0.15) is 13.2 Å². The number of hydrogen-bond donors (Lipinski definition) is 1. The lowest BCUT2D eigenvalue weighted by atomic mass is 10.1. The molecule has 1 unspecified atom stereocenters. The number of aromatic nitrogens is 2. The van der Waals surface area contributed by atoms with E-state index in [0.717, 1.165) is 31.9 Å². The molecule has 0 radical (unpaired) electrons. The number of alkyl halides is 3. The van der Waals surface area contributed by atoms with E-state index in [4.69, 9.17) is 0 Å². The first-order valence-corrected chi connectivity index (χ1v) is 6.59. The third-order valence-corrected chi connectivity index (χ3v) is 2.75. The highest BCUT2D eigenvalue weighted by Crippen LogP contribution is 2.27. The van der Waals surface area contributed by atoms with Gasteiger partial charge in [0.05, 0.1) is 0 Å². The van der Waals surface area contributed by atoms with Gasteiger partial charge in [0.15, 0.2) is 0 Å². The Morgan fingerprint density at radius 3 is 2.58 bits per heavy atom. The van der Waals surface area contributed by atoms with Crippen LogP contribution in [0, 0.1) is 0 Å². The maximum atomic E-state index is 12.6. The Labute approximate surface area is 111 Å². The second kappa shape index (κ2) is 7.43. The Kier molecular flexibility index (Phi) is 6.21. The molecule has 1 aromatic heterocycles. The molecule has 0 amide bonds. The second-order valence-corrected chi connectivity index (χ2v) is 4.50. The topological polar surface area (TPSA) is 37.8 Å². The molecule has 6 heteroatoms. The van der Waals surface area contributed by atoms with Crippen LogP contribution in [-0.4, -0.2) is 22.6 Å². The lowest BCUT2D eigenvalue weighted by molar-refractivity contribution is -0.141. The van der Waals surface area contributed by atoms with Crippen LogP contribution in [0.2, 0.25) is 0 Å². The molecule has 0 aliphatic carbocycles. The van der Waals surface area contributed by atoms with Gasteiger partial charge in [0.25, 0.3) is 0 Å². The van der Waals surface area contributed by atoms with Gasteiger partial charge in [-0.3, -0.25) is 0 Å². The number of nitrogens with one attached hydrogen (secondary N) is 1. The van der Waals surface area contributed by atoms with Crippen LogP contribution in [0.15, 0.2) is 12.3 Å². The van der Waals surface area contributed by atoms with E-state index in [1.54, 1.807) is 0 Å². The third kappa shape index (κ3) is 5.55. The van der Waals surface area contributed by atoms with Crippen molar-refractivity contribution in [2.75, 3.05) is 6.54 Å². The van der Waals surface area contributed by atoms with Crippen LogP contribution in [0.5, 0.6) is 0 Å². The molecular weight excluding hydrogens is 255 g/mol. The summed E-state index contributed by atoms with van der Waals surface area (Å²) in [5, 5.41) is 3.32. The Hall–Kier alpha value is -1.17. The van der Waals surface area contributed by atoms with E-state index in [0.29, 0.717) is 6.42 Å². The molecule has 1 atom stereocenters. The van der Waals surface area contributed by atoms with Crippen molar-refractivity contribution in [3.8, 4) is 0 Å². The number of hydrogen-bond acceptors (Lipinski definition) is 3. The van der Waals surface area contributed by atoms with Crippen molar-refractivity contribution in [1.29, 1.82) is 0 Å². The van der Waals surface area contributed by atoms with E-state index in [-0.39, 0.29) is 11.9 Å². The molecule has 1 rings (SSSR count). The Bertz CT molecular complexity index is 380. The van der Waals surface area contributed by atoms with Gasteiger partial charge in [0.2, 0.25) is 0 Å². The highest BCUT2D eigenvalue weighted by Gasteiger charge is 2.32. The van der Waals surface area contributed by atoms with Crippen LogP contribution in [-0.2, 0) is 12.6 Å². The molecule has 0 aromatic carbocycles. The second-order valence-electron chi connectivity index (χ2n) is 4.50. The fraction of sp³-hybridized carbons (Fsp3) is 0.692. The van der Waals surface area contributed by atoms with Gasteiger partial charge in [-0.15, -0.1) is 0 Å². The molecule has 1 N–H and O–H groups in total. The number of nitrogens with zero attached hydrogens (tertiary/aromatic N) is 2. The van der Waals surface area contributed by atoms with Crippen molar-refractivity contribution in [3.63, 3.8) is 0 Å². The van der Waals surface area contributed by atoms with Gasteiger partial charge < -0.3 is 5.32 Å². The van der Waals surface area contributed by atoms with E-state index in [1.807, 2.05) is 6.92 Å². The molecule has 0 aliphatic rings. The summed E-state index contributed by atoms with van der Waals surface area (Å²) < 4.78 is 37.7. The first-order valence-electron chi connectivity index (χ1n) is 6.59. The molecule has 3 nitrogen and oxygen atoms in total. The van der Waals surface area contributed by atoms with Crippen LogP contribution in [0.1, 0.15) is 44.6 Å². The molecule has 0 bridgehead atoms. The van der Waals surface area contributed by atoms with Crippen molar-refractivity contribution in [2.45, 2.75) is 51.7 Å². The van der Waals surface area contributed by atoms with E-state index in [9.17, 15) is 13.2 Å². The third-order valence-electron chi connectivity index (χ3n) is 2.75. The van der Waals surface area contributed by atoms with Crippen molar-refractivity contribution in [1.82, 2.24) is 15.3 Å². The standard InChI is InChI=1S/C13H20F3N3/c1-3-5-10(17-7-4-2)9-12-18-8-6-11(19-12)13(14,15)16/h6,8,10,17H,3-5,7,9H2,1-2H3. The first-order chi connectivity index (χ1) is 8.97. The Morgan fingerprint density at radius 2 is 2.00 bits per heavy atom. The molecule has 0 fully saturated rings. The molecule has 19 heavy (non-hydrogen) atoms. The Morgan fingerprint density at radius 1 is 1.26 bits per heavy atom. The predicted molar refractivity (Wildman–Crippen MR) is 67.7 cm³/mol. The van der Waals surface area contributed by atoms with Gasteiger partial charge in [-0.25, -0.2) is 9.97 Å². The first kappa shape index (κ1) is 15.9. The summed E-state index contributed by atoms with van der Waals surface area (Å²) in [4.78, 5) is 7.53. The normalized spacial score (nSPS) is 13.5. The molecular formula is C13H20F3N3. The summed E-state index contributed by atoms with van der Waals surface area (Å²) in [5.41, 5.74) is -0.872. The largest absolute Gasteiger partial charge is 0.433 e. The minimum atomic E-state index is -4.41. The van der Waals surface area contributed by atoms with E-state index >= 15 is 0 Å². The van der Waals surface area contributed by atoms with Crippen LogP contribution in [0.3, 0.4) is 0 Å². The highest BCUT2D eigenvalue weighted by atomic mass is 19.4. The number of halogens is 3. The lowest BCUT2D eigenvalue weighted by Gasteiger charge is -2.17. The zero-order chi connectivity index (χ0) is 14.3. The fourth-order valence-electron chi connectivity index (χ4n) is 1.85. The quantitative estimate of drug-likeness (QED) is 0.830. The minimum Gasteiger partial charge on any atom is -0.314 e. The molecule has 0 spiro atoms. The molecule has 0 saturated heterocycles. The maximum Gasteiger partial charge on any atom is 0.433 e. The van der Waals surface area contributed by atoms with E-state index in [2.05, 4.69) is 22.2 Å². The summed E-state index contributed by atoms with van der Waals surface area (Å²) >= 11 is 0. The smallest absolute Gasteiger partial charge is 0.314 e. The zero-order valence-corrected chi connectivity index (χ0v) is 11.3. The fourth-order valence-corrected chi connectivity index (χ4v) is 1.85. The summed E-state index contributed by atoms with van der Waals surface area (Å²) in [6.07, 6.45) is 0.0597. The van der Waals surface area contributed by atoms with Crippen molar-refractivity contribution in [3.05, 3.63) is 23.8 Å². The van der Waals surface area contributed by atoms with Crippen LogP contribution >= 0.6 is 0 Å². The molecule has 0 saturated carbocycles. The summed E-state index contributed by atoms with van der Waals surface area (Å²) in [6.45, 7) is 4.95. The van der Waals surface area contributed by atoms with Crippen molar-refractivity contribution < 1.29 is 13.2 Å². The van der Waals surface area contributed by atoms with Gasteiger partial charge in [0.1, 0.15) is 11.5 Å². The van der Waals surface area contributed by atoms with Gasteiger partial charge >= 0.3 is 6.18 Å². The lowest BCUT2D eigenvalue weighted by Crippen LogP contribution is -2.32. The highest BCUT2D eigenvalue weighted by molar-refractivity contribution is 5.06. The number of rotatable bonds is 7. The predicted octanol–water partition coefficient (Wildman–Crippen LogP) is 3.21. The van der Waals surface area contributed by atoms with E-state index in [1.165, 1.54) is 6.20 Å². The molecule has 108 valence electrons. The summed E-state index contributed by atoms with van der Waals surface area (Å²) in [7, 11) is 0. The SMILES string of the molecule is CCCNC(CCC)Cc1nccc(C(F)(F)F)n1. The van der Waals surface area contributed by atoms with Crippen LogP contribution in [0.25, 0.3) is 0 Å². The van der Waals surface area contributed by atoms with Gasteiger partial charge in [-0.05, 0) is 25.5 Å². The Balaban J connectivity index is 2.73. The average molecular weight is 275 g/mol. The summed E-state index contributed by atoms with van der Waals surface area (Å²) in [5.74, 6) is 0.247. The molecule has 1 heterocycles. The zero-order valence-electron chi connectivity index (χ0n) is 11.3.